The Morgan fingerprint density at radius 3 is 2.44 bits per heavy atom. The molecule has 0 heterocycles. The Kier molecular flexibility index (Phi) is 2.55. The van der Waals surface area contributed by atoms with Gasteiger partial charge in [-0.25, -0.2) is 0 Å². The SMILES string of the molecule is CC1(C)CC1C(=O)C(C#N)c1ccccc1. The first kappa shape index (κ1) is 10.9. The average molecular weight is 213 g/mol. The molecule has 1 aromatic rings. The molecule has 2 rings (SSSR count). The highest BCUT2D eigenvalue weighted by atomic mass is 16.1. The lowest BCUT2D eigenvalue weighted by Gasteiger charge is -2.09. The molecule has 0 spiro atoms. The third-order valence-electron chi connectivity index (χ3n) is 3.40. The largest absolute Gasteiger partial charge is 0.298 e. The Bertz CT molecular complexity index is 442. The van der Waals surface area contributed by atoms with Crippen LogP contribution in [0.15, 0.2) is 30.3 Å². The summed E-state index contributed by atoms with van der Waals surface area (Å²) in [5.74, 6) is -0.441. The summed E-state index contributed by atoms with van der Waals surface area (Å²) in [5, 5.41) is 9.13. The fourth-order valence-electron chi connectivity index (χ4n) is 2.10. The highest BCUT2D eigenvalue weighted by molar-refractivity contribution is 5.93. The zero-order valence-corrected chi connectivity index (χ0v) is 9.60. The maximum Gasteiger partial charge on any atom is 0.158 e. The summed E-state index contributed by atoms with van der Waals surface area (Å²) in [7, 11) is 0. The van der Waals surface area contributed by atoms with Crippen molar-refractivity contribution in [2.45, 2.75) is 26.2 Å². The van der Waals surface area contributed by atoms with Gasteiger partial charge < -0.3 is 0 Å². The predicted octanol–water partition coefficient (Wildman–Crippen LogP) is 2.91. The molecule has 0 saturated heterocycles. The van der Waals surface area contributed by atoms with Gasteiger partial charge in [0.25, 0.3) is 0 Å². The number of nitriles is 1. The van der Waals surface area contributed by atoms with Gasteiger partial charge in [-0.2, -0.15) is 5.26 Å². The number of nitrogens with zero attached hydrogens (tertiary/aromatic N) is 1. The van der Waals surface area contributed by atoms with E-state index in [4.69, 9.17) is 5.26 Å². The topological polar surface area (TPSA) is 40.9 Å². The zero-order valence-electron chi connectivity index (χ0n) is 9.60. The van der Waals surface area contributed by atoms with E-state index in [1.165, 1.54) is 0 Å². The van der Waals surface area contributed by atoms with Gasteiger partial charge in [-0.05, 0) is 17.4 Å². The van der Waals surface area contributed by atoms with E-state index in [2.05, 4.69) is 19.9 Å². The molecule has 82 valence electrons. The van der Waals surface area contributed by atoms with Crippen LogP contribution in [0.5, 0.6) is 0 Å². The van der Waals surface area contributed by atoms with Crippen molar-refractivity contribution < 1.29 is 4.79 Å². The van der Waals surface area contributed by atoms with Crippen LogP contribution in [0, 0.1) is 22.7 Å². The molecule has 0 aromatic heterocycles. The van der Waals surface area contributed by atoms with E-state index in [1.807, 2.05) is 30.3 Å². The normalized spacial score (nSPS) is 23.2. The van der Waals surface area contributed by atoms with Crippen LogP contribution in [-0.4, -0.2) is 5.78 Å². The number of benzene rings is 1. The number of ketones is 1. The van der Waals surface area contributed by atoms with Crippen molar-refractivity contribution in [1.29, 1.82) is 5.26 Å². The van der Waals surface area contributed by atoms with Crippen LogP contribution in [0.2, 0.25) is 0 Å². The van der Waals surface area contributed by atoms with Gasteiger partial charge in [0.15, 0.2) is 5.78 Å². The highest BCUT2D eigenvalue weighted by Gasteiger charge is 2.52. The molecular formula is C14H15NO. The minimum absolute atomic E-state index is 0.0670. The number of carbonyl (C=O) groups is 1. The fourth-order valence-corrected chi connectivity index (χ4v) is 2.10. The molecule has 1 saturated carbocycles. The van der Waals surface area contributed by atoms with Crippen molar-refractivity contribution >= 4 is 5.78 Å². The smallest absolute Gasteiger partial charge is 0.158 e. The van der Waals surface area contributed by atoms with Crippen molar-refractivity contribution in [2.24, 2.45) is 11.3 Å². The summed E-state index contributed by atoms with van der Waals surface area (Å²) >= 11 is 0. The van der Waals surface area contributed by atoms with Crippen LogP contribution < -0.4 is 0 Å². The molecule has 0 aliphatic heterocycles. The summed E-state index contributed by atoms with van der Waals surface area (Å²) in [6, 6.07) is 11.4. The van der Waals surface area contributed by atoms with Gasteiger partial charge in [-0.15, -0.1) is 0 Å². The molecule has 2 unspecified atom stereocenters. The molecule has 2 heteroatoms. The van der Waals surface area contributed by atoms with Gasteiger partial charge in [0, 0.05) is 5.92 Å². The molecule has 1 aliphatic rings. The molecule has 1 aromatic carbocycles. The first-order valence-corrected chi connectivity index (χ1v) is 5.54. The van der Waals surface area contributed by atoms with Crippen LogP contribution >= 0.6 is 0 Å². The molecule has 0 bridgehead atoms. The Balaban J connectivity index is 2.20. The number of hydrogen-bond acceptors (Lipinski definition) is 2. The number of Topliss-reactive ketones (excluding diaryl/α,β-unsaturated/α-hetero) is 1. The lowest BCUT2D eigenvalue weighted by Crippen LogP contribution is -2.15. The van der Waals surface area contributed by atoms with Crippen LogP contribution in [0.1, 0.15) is 31.7 Å². The van der Waals surface area contributed by atoms with Crippen LogP contribution in [0.3, 0.4) is 0 Å². The van der Waals surface area contributed by atoms with Gasteiger partial charge in [0.1, 0.15) is 5.92 Å². The van der Waals surface area contributed by atoms with Gasteiger partial charge in [0.05, 0.1) is 6.07 Å². The number of rotatable bonds is 3. The minimum atomic E-state index is -0.590. The van der Waals surface area contributed by atoms with Crippen molar-refractivity contribution in [1.82, 2.24) is 0 Å². The second-order valence-electron chi connectivity index (χ2n) is 5.12. The Hall–Kier alpha value is -1.62. The molecular weight excluding hydrogens is 198 g/mol. The van der Waals surface area contributed by atoms with Gasteiger partial charge in [-0.1, -0.05) is 44.2 Å². The molecule has 1 fully saturated rings. The second-order valence-corrected chi connectivity index (χ2v) is 5.12. The number of hydrogen-bond donors (Lipinski definition) is 0. The Morgan fingerprint density at radius 2 is 2.00 bits per heavy atom. The lowest BCUT2D eigenvalue weighted by atomic mass is 9.91. The maximum absolute atomic E-state index is 12.1. The average Bonchev–Trinajstić information content (AvgIpc) is 2.90. The molecule has 2 atom stereocenters. The summed E-state index contributed by atoms with van der Waals surface area (Å²) in [6.07, 6.45) is 0.914. The highest BCUT2D eigenvalue weighted by Crippen LogP contribution is 2.53. The summed E-state index contributed by atoms with van der Waals surface area (Å²) in [4.78, 5) is 12.1. The van der Waals surface area contributed by atoms with E-state index in [0.29, 0.717) is 0 Å². The molecule has 16 heavy (non-hydrogen) atoms. The monoisotopic (exact) mass is 213 g/mol. The quantitative estimate of drug-likeness (QED) is 0.774. The first-order valence-electron chi connectivity index (χ1n) is 5.54. The van der Waals surface area contributed by atoms with E-state index in [9.17, 15) is 4.79 Å². The van der Waals surface area contributed by atoms with Crippen molar-refractivity contribution in [2.75, 3.05) is 0 Å². The molecule has 0 amide bonds. The van der Waals surface area contributed by atoms with Crippen LogP contribution in [-0.2, 0) is 4.79 Å². The lowest BCUT2D eigenvalue weighted by molar-refractivity contribution is -0.121. The fraction of sp³-hybridized carbons (Fsp3) is 0.429. The zero-order chi connectivity index (χ0) is 11.8. The Labute approximate surface area is 95.9 Å². The van der Waals surface area contributed by atoms with Gasteiger partial charge >= 0.3 is 0 Å². The van der Waals surface area contributed by atoms with Crippen LogP contribution in [0.4, 0.5) is 0 Å². The standard InChI is InChI=1S/C14H15NO/c1-14(2)8-12(14)13(16)11(9-15)10-6-4-3-5-7-10/h3-7,11-12H,8H2,1-2H3. The van der Waals surface area contributed by atoms with Crippen molar-refractivity contribution in [3.8, 4) is 6.07 Å². The third kappa shape index (κ3) is 1.86. The summed E-state index contributed by atoms with van der Waals surface area (Å²) in [5.41, 5.74) is 0.915. The van der Waals surface area contributed by atoms with E-state index in [0.717, 1.165) is 12.0 Å². The van der Waals surface area contributed by atoms with Crippen molar-refractivity contribution in [3.05, 3.63) is 35.9 Å². The minimum Gasteiger partial charge on any atom is -0.298 e. The molecule has 1 aliphatic carbocycles. The van der Waals surface area contributed by atoms with E-state index in [-0.39, 0.29) is 17.1 Å². The maximum atomic E-state index is 12.1. The van der Waals surface area contributed by atoms with Gasteiger partial charge in [0.2, 0.25) is 0 Å². The first-order chi connectivity index (χ1) is 7.56. The van der Waals surface area contributed by atoms with Crippen LogP contribution in [0.25, 0.3) is 0 Å². The second kappa shape index (κ2) is 3.75. The van der Waals surface area contributed by atoms with Gasteiger partial charge in [-0.3, -0.25) is 4.79 Å². The molecule has 0 radical (unpaired) electrons. The third-order valence-corrected chi connectivity index (χ3v) is 3.40. The Morgan fingerprint density at radius 1 is 1.44 bits per heavy atom. The van der Waals surface area contributed by atoms with Crippen molar-refractivity contribution in [3.63, 3.8) is 0 Å². The van der Waals surface area contributed by atoms with E-state index >= 15 is 0 Å². The summed E-state index contributed by atoms with van der Waals surface area (Å²) in [6.45, 7) is 4.16. The summed E-state index contributed by atoms with van der Waals surface area (Å²) < 4.78 is 0. The van der Waals surface area contributed by atoms with E-state index < -0.39 is 5.92 Å². The predicted molar refractivity (Wildman–Crippen MR) is 61.7 cm³/mol. The van der Waals surface area contributed by atoms with E-state index in [1.54, 1.807) is 0 Å². The number of carbonyl (C=O) groups excluding carboxylic acids is 1. The molecule has 0 N–H and O–H groups in total. The molecule has 2 nitrogen and oxygen atoms in total.